The molecule has 4 atom stereocenters. The Morgan fingerprint density at radius 1 is 1.40 bits per heavy atom. The predicted molar refractivity (Wildman–Crippen MR) is 64.2 cm³/mol. The largest absolute Gasteiger partial charge is 0.249 e. The van der Waals surface area contributed by atoms with Gasteiger partial charge in [-0.15, -0.1) is 11.3 Å². The third kappa shape index (κ3) is 1.30. The minimum Gasteiger partial charge on any atom is -0.249 e. The molecule has 1 heterocycles. The average molecular weight is 221 g/mol. The van der Waals surface area contributed by atoms with Crippen molar-refractivity contribution in [2.24, 2.45) is 17.3 Å². The average Bonchev–Trinajstić information content (AvgIpc) is 2.62. The van der Waals surface area contributed by atoms with Crippen molar-refractivity contribution in [3.8, 4) is 0 Å². The quantitative estimate of drug-likeness (QED) is 0.648. The summed E-state index contributed by atoms with van der Waals surface area (Å²) >= 11 is 1.87. The smallest absolute Gasteiger partial charge is 0.0797 e. The van der Waals surface area contributed by atoms with Crippen molar-refractivity contribution in [3.63, 3.8) is 0 Å². The molecule has 1 aromatic heterocycles. The van der Waals surface area contributed by atoms with Gasteiger partial charge in [-0.3, -0.25) is 0 Å². The Hall–Kier alpha value is -0.370. The summed E-state index contributed by atoms with van der Waals surface area (Å²) < 4.78 is 0. The molecule has 1 aromatic rings. The summed E-state index contributed by atoms with van der Waals surface area (Å²) in [6.07, 6.45) is 4.02. The summed E-state index contributed by atoms with van der Waals surface area (Å²) in [7, 11) is 0. The Balaban J connectivity index is 1.99. The summed E-state index contributed by atoms with van der Waals surface area (Å²) in [5.74, 6) is 2.53. The van der Waals surface area contributed by atoms with Crippen LogP contribution in [0.15, 0.2) is 5.51 Å². The summed E-state index contributed by atoms with van der Waals surface area (Å²) in [6, 6.07) is 0. The Kier molecular flexibility index (Phi) is 2.01. The van der Waals surface area contributed by atoms with Crippen LogP contribution in [0.4, 0.5) is 0 Å². The zero-order valence-electron chi connectivity index (χ0n) is 9.79. The molecule has 3 aliphatic carbocycles. The van der Waals surface area contributed by atoms with Gasteiger partial charge in [-0.25, -0.2) is 4.98 Å². The van der Waals surface area contributed by atoms with Crippen LogP contribution < -0.4 is 0 Å². The van der Waals surface area contributed by atoms with Crippen molar-refractivity contribution >= 4 is 11.3 Å². The topological polar surface area (TPSA) is 12.9 Å². The van der Waals surface area contributed by atoms with E-state index in [9.17, 15) is 0 Å². The summed E-state index contributed by atoms with van der Waals surface area (Å²) in [5, 5.41) is 0. The molecule has 3 aliphatic rings. The predicted octanol–water partition coefficient (Wildman–Crippen LogP) is 3.86. The highest BCUT2D eigenvalue weighted by Crippen LogP contribution is 2.58. The molecule has 1 nitrogen and oxygen atoms in total. The van der Waals surface area contributed by atoms with Gasteiger partial charge in [0, 0.05) is 4.88 Å². The van der Waals surface area contributed by atoms with E-state index in [1.165, 1.54) is 25.0 Å². The number of thiazole rings is 1. The van der Waals surface area contributed by atoms with Crippen molar-refractivity contribution < 1.29 is 0 Å². The van der Waals surface area contributed by atoms with E-state index in [-0.39, 0.29) is 0 Å². The lowest BCUT2D eigenvalue weighted by Gasteiger charge is -2.54. The van der Waals surface area contributed by atoms with E-state index in [0.29, 0.717) is 5.41 Å². The van der Waals surface area contributed by atoms with Crippen LogP contribution in [0.2, 0.25) is 0 Å². The number of hydrogen-bond donors (Lipinski definition) is 0. The number of aromatic nitrogens is 1. The van der Waals surface area contributed by atoms with Crippen LogP contribution >= 0.6 is 11.3 Å². The highest BCUT2D eigenvalue weighted by Gasteiger charge is 2.49. The third-order valence-corrected chi connectivity index (χ3v) is 5.99. The molecule has 0 aromatic carbocycles. The van der Waals surface area contributed by atoms with Crippen molar-refractivity contribution in [1.29, 1.82) is 0 Å². The zero-order valence-corrected chi connectivity index (χ0v) is 10.6. The molecule has 0 amide bonds. The summed E-state index contributed by atoms with van der Waals surface area (Å²) in [6.45, 7) is 7.31. The molecule has 0 aliphatic heterocycles. The Morgan fingerprint density at radius 2 is 2.20 bits per heavy atom. The lowest BCUT2D eigenvalue weighted by molar-refractivity contribution is -0.0304. The van der Waals surface area contributed by atoms with Crippen LogP contribution in [0, 0.1) is 17.3 Å². The van der Waals surface area contributed by atoms with E-state index >= 15 is 0 Å². The van der Waals surface area contributed by atoms with Crippen LogP contribution in [-0.2, 0) is 6.42 Å². The first-order valence-corrected chi connectivity index (χ1v) is 6.90. The van der Waals surface area contributed by atoms with Gasteiger partial charge in [-0.1, -0.05) is 20.8 Å². The standard InChI is InChI=1S/C13H19NS/c1-8-5-13(3)6-10(9(13)2)4-11-12(8)15-7-14-11/h7-10H,4-6H2,1-3H3. The fourth-order valence-electron chi connectivity index (χ4n) is 3.76. The van der Waals surface area contributed by atoms with Crippen LogP contribution in [0.5, 0.6) is 0 Å². The fourth-order valence-corrected chi connectivity index (χ4v) is 4.64. The third-order valence-electron chi connectivity index (χ3n) is 4.88. The first kappa shape index (κ1) is 9.83. The van der Waals surface area contributed by atoms with Gasteiger partial charge in [0.15, 0.2) is 0 Å². The van der Waals surface area contributed by atoms with E-state index < -0.39 is 0 Å². The molecular weight excluding hydrogens is 202 g/mol. The van der Waals surface area contributed by atoms with Crippen molar-refractivity contribution in [2.45, 2.75) is 46.0 Å². The van der Waals surface area contributed by atoms with Crippen LogP contribution in [0.1, 0.15) is 50.1 Å². The molecule has 0 radical (unpaired) electrons. The normalized spacial score (nSPS) is 43.8. The molecule has 1 saturated carbocycles. The van der Waals surface area contributed by atoms with Crippen LogP contribution in [-0.4, -0.2) is 4.98 Å². The Morgan fingerprint density at radius 3 is 2.93 bits per heavy atom. The molecule has 4 rings (SSSR count). The minimum atomic E-state index is 0.617. The second-order valence-corrected chi connectivity index (χ2v) is 6.77. The van der Waals surface area contributed by atoms with E-state index in [0.717, 1.165) is 17.8 Å². The van der Waals surface area contributed by atoms with E-state index in [2.05, 4.69) is 25.8 Å². The van der Waals surface area contributed by atoms with Gasteiger partial charge in [0.2, 0.25) is 0 Å². The molecular formula is C13H19NS. The van der Waals surface area contributed by atoms with Gasteiger partial charge in [0.25, 0.3) is 0 Å². The molecule has 2 bridgehead atoms. The number of fused-ring (bicyclic) bond motifs is 1. The molecule has 4 unspecified atom stereocenters. The zero-order chi connectivity index (χ0) is 10.6. The van der Waals surface area contributed by atoms with Crippen LogP contribution in [0.25, 0.3) is 0 Å². The first-order valence-electron chi connectivity index (χ1n) is 6.02. The van der Waals surface area contributed by atoms with Crippen LogP contribution in [0.3, 0.4) is 0 Å². The second-order valence-electron chi connectivity index (χ2n) is 5.88. The van der Waals surface area contributed by atoms with Gasteiger partial charge < -0.3 is 0 Å². The SMILES string of the molecule is CC1CC2(C)CC(Cc3ncsc31)C2C. The summed E-state index contributed by atoms with van der Waals surface area (Å²) in [5.41, 5.74) is 4.06. The molecule has 0 spiro atoms. The molecule has 1 fully saturated rings. The van der Waals surface area contributed by atoms with Gasteiger partial charge >= 0.3 is 0 Å². The molecule has 0 saturated heterocycles. The lowest BCUT2D eigenvalue weighted by atomic mass is 9.50. The fraction of sp³-hybridized carbons (Fsp3) is 0.769. The minimum absolute atomic E-state index is 0.617. The van der Waals surface area contributed by atoms with Gasteiger partial charge in [-0.05, 0) is 42.4 Å². The lowest BCUT2D eigenvalue weighted by Crippen LogP contribution is -2.47. The van der Waals surface area contributed by atoms with Gasteiger partial charge in [0.05, 0.1) is 11.2 Å². The monoisotopic (exact) mass is 221 g/mol. The second kappa shape index (κ2) is 3.07. The molecule has 2 heteroatoms. The van der Waals surface area contributed by atoms with Crippen molar-refractivity contribution in [3.05, 3.63) is 16.1 Å². The van der Waals surface area contributed by atoms with Gasteiger partial charge in [0.1, 0.15) is 0 Å². The van der Waals surface area contributed by atoms with Crippen molar-refractivity contribution in [1.82, 2.24) is 4.98 Å². The van der Waals surface area contributed by atoms with E-state index in [1.54, 1.807) is 4.88 Å². The highest BCUT2D eigenvalue weighted by atomic mass is 32.1. The highest BCUT2D eigenvalue weighted by molar-refractivity contribution is 7.09. The summed E-state index contributed by atoms with van der Waals surface area (Å²) in [4.78, 5) is 6.13. The molecule has 15 heavy (non-hydrogen) atoms. The Bertz CT molecular complexity index is 384. The maximum atomic E-state index is 4.56. The molecule has 82 valence electrons. The first-order chi connectivity index (χ1) is 7.10. The number of rotatable bonds is 0. The van der Waals surface area contributed by atoms with Crippen molar-refractivity contribution in [2.75, 3.05) is 0 Å². The van der Waals surface area contributed by atoms with Gasteiger partial charge in [-0.2, -0.15) is 0 Å². The number of nitrogens with zero attached hydrogens (tertiary/aromatic N) is 1. The van der Waals surface area contributed by atoms with E-state index in [1.807, 2.05) is 16.8 Å². The maximum Gasteiger partial charge on any atom is 0.0797 e. The number of hydrogen-bond acceptors (Lipinski definition) is 2. The maximum absolute atomic E-state index is 4.56. The molecule has 0 N–H and O–H groups in total. The Labute approximate surface area is 95.9 Å². The van der Waals surface area contributed by atoms with E-state index in [4.69, 9.17) is 0 Å².